The van der Waals surface area contributed by atoms with Crippen molar-refractivity contribution in [3.05, 3.63) is 52.5 Å². The maximum absolute atomic E-state index is 13.3. The zero-order valence-electron chi connectivity index (χ0n) is 13.1. The Kier molecular flexibility index (Phi) is 4.83. The first-order valence-electron chi connectivity index (χ1n) is 7.40. The lowest BCUT2D eigenvalue weighted by Gasteiger charge is -2.36. The number of primary amides is 1. The van der Waals surface area contributed by atoms with Crippen molar-refractivity contribution in [3.8, 4) is 0 Å². The highest BCUT2D eigenvalue weighted by Gasteiger charge is 2.42. The van der Waals surface area contributed by atoms with Crippen LogP contribution >= 0.6 is 23.2 Å². The fraction of sp³-hybridized carbons (Fsp3) is 0.125. The number of carbonyl (C=O) groups excluding carboxylic acids is 2. The van der Waals surface area contributed by atoms with Gasteiger partial charge in [0, 0.05) is 0 Å². The summed E-state index contributed by atoms with van der Waals surface area (Å²) in [6, 6.07) is 9.13. The second-order valence-corrected chi connectivity index (χ2v) is 8.11. The van der Waals surface area contributed by atoms with Gasteiger partial charge >= 0.3 is 0 Å². The molecular weight excluding hydrogens is 401 g/mol. The lowest BCUT2D eigenvalue weighted by Crippen LogP contribution is -2.52. The Balaban J connectivity index is 2.24. The van der Waals surface area contributed by atoms with Gasteiger partial charge in [-0.05, 0) is 24.3 Å². The zero-order valence-corrected chi connectivity index (χ0v) is 15.5. The van der Waals surface area contributed by atoms with Crippen molar-refractivity contribution in [2.45, 2.75) is 17.4 Å². The van der Waals surface area contributed by atoms with Crippen LogP contribution in [0.1, 0.15) is 6.42 Å². The molecular formula is C16H13Cl2N3O4S. The summed E-state index contributed by atoms with van der Waals surface area (Å²) in [5.74, 6) is -1.48. The molecule has 3 N–H and O–H groups in total. The quantitative estimate of drug-likeness (QED) is 0.801. The summed E-state index contributed by atoms with van der Waals surface area (Å²) in [5, 5.41) is 2.46. The number of hydrogen-bond acceptors (Lipinski definition) is 4. The number of fused-ring (bicyclic) bond motifs is 1. The van der Waals surface area contributed by atoms with E-state index in [1.165, 1.54) is 24.3 Å². The maximum Gasteiger partial charge on any atom is 0.266 e. The number of hydrogen-bond donors (Lipinski definition) is 2. The Bertz CT molecular complexity index is 1010. The smallest absolute Gasteiger partial charge is 0.266 e. The maximum atomic E-state index is 13.3. The fourth-order valence-corrected chi connectivity index (χ4v) is 5.09. The number of carbonyl (C=O) groups is 2. The largest absolute Gasteiger partial charge is 0.370 e. The first-order valence-corrected chi connectivity index (χ1v) is 9.59. The Morgan fingerprint density at radius 3 is 2.54 bits per heavy atom. The van der Waals surface area contributed by atoms with Crippen molar-refractivity contribution in [1.82, 2.24) is 0 Å². The van der Waals surface area contributed by atoms with E-state index in [0.29, 0.717) is 5.69 Å². The minimum atomic E-state index is -4.31. The molecule has 2 amide bonds. The van der Waals surface area contributed by atoms with Crippen LogP contribution in [0.3, 0.4) is 0 Å². The van der Waals surface area contributed by atoms with Crippen molar-refractivity contribution in [1.29, 1.82) is 0 Å². The molecule has 0 radical (unpaired) electrons. The summed E-state index contributed by atoms with van der Waals surface area (Å²) in [5.41, 5.74) is 5.71. The van der Waals surface area contributed by atoms with E-state index in [-0.39, 0.29) is 20.6 Å². The Morgan fingerprint density at radius 2 is 1.85 bits per heavy atom. The van der Waals surface area contributed by atoms with Crippen molar-refractivity contribution < 1.29 is 18.0 Å². The van der Waals surface area contributed by atoms with Gasteiger partial charge in [0.2, 0.25) is 11.8 Å². The number of para-hydroxylation sites is 2. The molecule has 0 spiro atoms. The number of nitrogens with zero attached hydrogens (tertiary/aromatic N) is 1. The number of benzene rings is 2. The number of sulfonamides is 1. The number of amides is 2. The number of anilines is 2. The first kappa shape index (κ1) is 18.5. The molecule has 0 bridgehead atoms. The number of nitrogens with two attached hydrogens (primary N) is 1. The highest BCUT2D eigenvalue weighted by atomic mass is 35.5. The van der Waals surface area contributed by atoms with Crippen LogP contribution in [0.15, 0.2) is 47.4 Å². The van der Waals surface area contributed by atoms with Gasteiger partial charge in [0.1, 0.15) is 10.9 Å². The van der Waals surface area contributed by atoms with Gasteiger partial charge in [-0.2, -0.15) is 0 Å². The number of rotatable bonds is 4. The van der Waals surface area contributed by atoms with E-state index < -0.39 is 34.3 Å². The Hall–Kier alpha value is -2.29. The molecule has 1 atom stereocenters. The van der Waals surface area contributed by atoms with Gasteiger partial charge in [0.05, 0.1) is 27.8 Å². The average Bonchev–Trinajstić information content (AvgIpc) is 2.57. The average molecular weight is 414 g/mol. The van der Waals surface area contributed by atoms with Crippen LogP contribution in [0.2, 0.25) is 10.0 Å². The van der Waals surface area contributed by atoms with E-state index in [2.05, 4.69) is 5.32 Å². The highest BCUT2D eigenvalue weighted by Crippen LogP contribution is 2.39. The molecule has 0 saturated carbocycles. The number of halogens is 2. The van der Waals surface area contributed by atoms with Crippen LogP contribution in [0.5, 0.6) is 0 Å². The van der Waals surface area contributed by atoms with Gasteiger partial charge < -0.3 is 11.1 Å². The van der Waals surface area contributed by atoms with Crippen LogP contribution in [-0.2, 0) is 19.6 Å². The summed E-state index contributed by atoms with van der Waals surface area (Å²) >= 11 is 12.0. The lowest BCUT2D eigenvalue weighted by atomic mass is 10.1. The van der Waals surface area contributed by atoms with E-state index in [1.54, 1.807) is 18.2 Å². The molecule has 10 heteroatoms. The predicted octanol–water partition coefficient (Wildman–Crippen LogP) is 2.38. The molecule has 1 aliphatic heterocycles. The molecule has 26 heavy (non-hydrogen) atoms. The summed E-state index contributed by atoms with van der Waals surface area (Å²) in [4.78, 5) is 23.6. The van der Waals surface area contributed by atoms with Gasteiger partial charge in [-0.3, -0.25) is 13.9 Å². The van der Waals surface area contributed by atoms with Crippen LogP contribution in [-0.4, -0.2) is 26.3 Å². The number of nitrogens with one attached hydrogen (secondary N) is 1. The SMILES string of the molecule is NC(=O)CC1C(=O)Nc2ccccc2N1S(=O)(=O)c1cccc(Cl)c1Cl. The third-order valence-corrected chi connectivity index (χ3v) is 6.63. The van der Waals surface area contributed by atoms with Crippen molar-refractivity contribution >= 4 is 56.4 Å². The predicted molar refractivity (Wildman–Crippen MR) is 98.8 cm³/mol. The van der Waals surface area contributed by atoms with E-state index >= 15 is 0 Å². The molecule has 2 aromatic rings. The van der Waals surface area contributed by atoms with Crippen LogP contribution in [0.25, 0.3) is 0 Å². The van der Waals surface area contributed by atoms with Crippen molar-refractivity contribution in [3.63, 3.8) is 0 Å². The second-order valence-electron chi connectivity index (χ2n) is 5.55. The molecule has 3 rings (SSSR count). The summed E-state index contributed by atoms with van der Waals surface area (Å²) in [7, 11) is -4.31. The fourth-order valence-electron chi connectivity index (χ4n) is 2.71. The molecule has 1 heterocycles. The minimum absolute atomic E-state index is 0.0499. The molecule has 136 valence electrons. The molecule has 0 saturated heterocycles. The third-order valence-electron chi connectivity index (χ3n) is 3.83. The molecule has 1 aliphatic rings. The van der Waals surface area contributed by atoms with Crippen molar-refractivity contribution in [2.75, 3.05) is 9.62 Å². The molecule has 2 aromatic carbocycles. The normalized spacial score (nSPS) is 16.8. The van der Waals surface area contributed by atoms with Crippen LogP contribution < -0.4 is 15.4 Å². The second kappa shape index (κ2) is 6.79. The van der Waals surface area contributed by atoms with Gasteiger partial charge in [0.25, 0.3) is 10.0 Å². The van der Waals surface area contributed by atoms with Crippen LogP contribution in [0.4, 0.5) is 11.4 Å². The first-order chi connectivity index (χ1) is 12.2. The topological polar surface area (TPSA) is 110 Å². The molecule has 0 aliphatic carbocycles. The van der Waals surface area contributed by atoms with Gasteiger partial charge in [-0.25, -0.2) is 8.42 Å². The van der Waals surface area contributed by atoms with E-state index in [9.17, 15) is 18.0 Å². The van der Waals surface area contributed by atoms with Crippen LogP contribution in [0, 0.1) is 0 Å². The molecule has 7 nitrogen and oxygen atoms in total. The van der Waals surface area contributed by atoms with Crippen molar-refractivity contribution in [2.24, 2.45) is 5.73 Å². The summed E-state index contributed by atoms with van der Waals surface area (Å²) in [6.45, 7) is 0. The minimum Gasteiger partial charge on any atom is -0.370 e. The third kappa shape index (κ3) is 3.11. The highest BCUT2D eigenvalue weighted by molar-refractivity contribution is 7.93. The lowest BCUT2D eigenvalue weighted by molar-refractivity contribution is -0.123. The molecule has 0 fully saturated rings. The standard InChI is InChI=1S/C16H13Cl2N3O4S/c17-9-4-3-7-13(15(9)18)26(24,25)21-11-6-2-1-5-10(11)20-16(23)12(21)8-14(19)22/h1-7,12H,8H2,(H2,19,22)(H,20,23). The van der Waals surface area contributed by atoms with E-state index in [0.717, 1.165) is 4.31 Å². The van der Waals surface area contributed by atoms with Gasteiger partial charge in [-0.1, -0.05) is 41.4 Å². The monoisotopic (exact) mass is 413 g/mol. The Labute approximate surface area is 159 Å². The van der Waals surface area contributed by atoms with Gasteiger partial charge in [0.15, 0.2) is 0 Å². The Morgan fingerprint density at radius 1 is 1.15 bits per heavy atom. The molecule has 1 unspecified atom stereocenters. The summed E-state index contributed by atoms with van der Waals surface area (Å²) < 4.78 is 27.5. The molecule has 0 aromatic heterocycles. The van der Waals surface area contributed by atoms with E-state index in [4.69, 9.17) is 28.9 Å². The van der Waals surface area contributed by atoms with E-state index in [1.807, 2.05) is 0 Å². The summed E-state index contributed by atoms with van der Waals surface area (Å²) in [6.07, 6.45) is -0.489. The zero-order chi connectivity index (χ0) is 19.1. The van der Waals surface area contributed by atoms with Gasteiger partial charge in [-0.15, -0.1) is 0 Å².